The molecule has 0 amide bonds. The molecule has 5 heteroatoms. The first-order chi connectivity index (χ1) is 11.7. The molecule has 124 valence electrons. The summed E-state index contributed by atoms with van der Waals surface area (Å²) in [5.41, 5.74) is 2.62. The zero-order valence-electron chi connectivity index (χ0n) is 13.8. The highest BCUT2D eigenvalue weighted by atomic mass is 35.5. The molecule has 1 aliphatic carbocycles. The van der Waals surface area contributed by atoms with Gasteiger partial charge < -0.3 is 5.32 Å². The van der Waals surface area contributed by atoms with E-state index in [1.54, 1.807) is 16.8 Å². The lowest BCUT2D eigenvalue weighted by Crippen LogP contribution is -2.22. The molecule has 0 bridgehead atoms. The van der Waals surface area contributed by atoms with E-state index in [0.717, 1.165) is 22.6 Å². The maximum atomic E-state index is 5.99. The molecule has 0 aromatic carbocycles. The molecule has 2 heterocycles. The molecule has 1 fully saturated rings. The van der Waals surface area contributed by atoms with E-state index in [1.807, 2.05) is 25.3 Å². The van der Waals surface area contributed by atoms with Gasteiger partial charge >= 0.3 is 0 Å². The van der Waals surface area contributed by atoms with Crippen molar-refractivity contribution in [2.45, 2.75) is 45.1 Å². The summed E-state index contributed by atoms with van der Waals surface area (Å²) in [4.78, 5) is 4.76. The third-order valence-corrected chi connectivity index (χ3v) is 4.59. The summed E-state index contributed by atoms with van der Waals surface area (Å²) in [7, 11) is 0. The van der Waals surface area contributed by atoms with E-state index in [4.69, 9.17) is 23.0 Å². The van der Waals surface area contributed by atoms with Crippen molar-refractivity contribution in [2.24, 2.45) is 0 Å². The maximum absolute atomic E-state index is 5.99. The number of terminal acetylenes is 1. The second kappa shape index (κ2) is 7.55. The number of hydrogen-bond donors (Lipinski definition) is 1. The number of aromatic nitrogens is 3. The van der Waals surface area contributed by atoms with Crippen LogP contribution in [0.5, 0.6) is 0 Å². The van der Waals surface area contributed by atoms with E-state index < -0.39 is 0 Å². The van der Waals surface area contributed by atoms with E-state index in [9.17, 15) is 0 Å². The molecule has 4 nitrogen and oxygen atoms in total. The Morgan fingerprint density at radius 2 is 2.21 bits per heavy atom. The highest BCUT2D eigenvalue weighted by Crippen LogP contribution is 2.25. The van der Waals surface area contributed by atoms with Crippen LogP contribution in [0.3, 0.4) is 0 Å². The molecule has 2 aromatic rings. The van der Waals surface area contributed by atoms with Gasteiger partial charge in [0, 0.05) is 17.8 Å². The first kappa shape index (κ1) is 16.6. The van der Waals surface area contributed by atoms with Crippen molar-refractivity contribution in [3.05, 3.63) is 41.2 Å². The van der Waals surface area contributed by atoms with Crippen LogP contribution in [-0.2, 0) is 0 Å². The number of anilines is 1. The monoisotopic (exact) mass is 340 g/mol. The summed E-state index contributed by atoms with van der Waals surface area (Å²) in [5, 5.41) is 8.28. The molecular weight excluding hydrogens is 320 g/mol. The van der Waals surface area contributed by atoms with Gasteiger partial charge in [-0.05, 0) is 37.5 Å². The van der Waals surface area contributed by atoms with Crippen LogP contribution in [0, 0.1) is 12.3 Å². The Morgan fingerprint density at radius 1 is 1.42 bits per heavy atom. The number of nitrogens with one attached hydrogen (secondary N) is 1. The zero-order valence-corrected chi connectivity index (χ0v) is 14.6. The Hall–Kier alpha value is -2.25. The van der Waals surface area contributed by atoms with Crippen LogP contribution in [0.1, 0.15) is 44.6 Å². The third kappa shape index (κ3) is 3.63. The number of nitrogens with zero attached hydrogens (tertiary/aromatic N) is 3. The van der Waals surface area contributed by atoms with Gasteiger partial charge in [-0.1, -0.05) is 42.9 Å². The molecule has 1 aliphatic rings. The van der Waals surface area contributed by atoms with Crippen LogP contribution in [0.15, 0.2) is 35.6 Å². The van der Waals surface area contributed by atoms with Gasteiger partial charge in [-0.3, -0.25) is 0 Å². The number of rotatable bonds is 4. The minimum absolute atomic E-state index is 0.360. The average molecular weight is 341 g/mol. The first-order valence-corrected chi connectivity index (χ1v) is 8.70. The molecule has 24 heavy (non-hydrogen) atoms. The molecule has 0 spiro atoms. The predicted octanol–water partition coefficient (Wildman–Crippen LogP) is 4.63. The van der Waals surface area contributed by atoms with Gasteiger partial charge in [0.2, 0.25) is 0 Å². The fraction of sp³-hybridized carbons (Fsp3) is 0.368. The first-order valence-electron chi connectivity index (χ1n) is 8.32. The molecule has 0 radical (unpaired) electrons. The van der Waals surface area contributed by atoms with E-state index in [-0.39, 0.29) is 0 Å². The molecule has 1 saturated carbocycles. The van der Waals surface area contributed by atoms with Gasteiger partial charge in [-0.2, -0.15) is 5.10 Å². The fourth-order valence-electron chi connectivity index (χ4n) is 3.10. The van der Waals surface area contributed by atoms with Gasteiger partial charge in [-0.15, -0.1) is 6.42 Å². The Morgan fingerprint density at radius 3 is 2.92 bits per heavy atom. The summed E-state index contributed by atoms with van der Waals surface area (Å²) in [5.74, 6) is 3.32. The number of hydrogen-bond acceptors (Lipinski definition) is 3. The van der Waals surface area contributed by atoms with E-state index in [0.29, 0.717) is 11.1 Å². The smallest absolute Gasteiger partial charge is 0.165 e. The molecule has 2 aromatic heterocycles. The molecule has 0 aliphatic heterocycles. The normalized spacial score (nSPS) is 17.0. The highest BCUT2D eigenvalue weighted by molar-refractivity contribution is 6.32. The van der Waals surface area contributed by atoms with Crippen LogP contribution < -0.4 is 5.32 Å². The molecule has 3 rings (SSSR count). The summed E-state index contributed by atoms with van der Waals surface area (Å²) in [6, 6.07) is 2.48. The van der Waals surface area contributed by atoms with E-state index in [1.165, 1.54) is 32.1 Å². The van der Waals surface area contributed by atoms with Crippen LogP contribution in [0.4, 0.5) is 5.82 Å². The summed E-state index contributed by atoms with van der Waals surface area (Å²) >= 11 is 5.99. The van der Waals surface area contributed by atoms with Crippen molar-refractivity contribution >= 4 is 28.6 Å². The molecule has 0 saturated heterocycles. The number of fused-ring (bicyclic) bond motifs is 1. The largest absolute Gasteiger partial charge is 0.367 e. The molecular formula is C19H21ClN4. The average Bonchev–Trinajstić information content (AvgIpc) is 3.03. The Balaban J connectivity index is 1.92. The lowest BCUT2D eigenvalue weighted by molar-refractivity contribution is 0.462. The van der Waals surface area contributed by atoms with Crippen molar-refractivity contribution in [1.29, 1.82) is 0 Å². The van der Waals surface area contributed by atoms with Gasteiger partial charge in [0.25, 0.3) is 0 Å². The molecule has 0 unspecified atom stereocenters. The maximum Gasteiger partial charge on any atom is 0.165 e. The summed E-state index contributed by atoms with van der Waals surface area (Å²) < 4.78 is 1.77. The third-order valence-electron chi connectivity index (χ3n) is 4.37. The topological polar surface area (TPSA) is 42.2 Å². The number of allylic oxidation sites excluding steroid dienone is 4. The van der Waals surface area contributed by atoms with Crippen molar-refractivity contribution in [3.63, 3.8) is 0 Å². The van der Waals surface area contributed by atoms with E-state index in [2.05, 4.69) is 16.3 Å². The zero-order chi connectivity index (χ0) is 16.9. The van der Waals surface area contributed by atoms with Gasteiger partial charge in [0.1, 0.15) is 5.82 Å². The van der Waals surface area contributed by atoms with E-state index >= 15 is 0 Å². The van der Waals surface area contributed by atoms with Crippen LogP contribution in [0.2, 0.25) is 0 Å². The van der Waals surface area contributed by atoms with Crippen molar-refractivity contribution in [3.8, 4) is 12.3 Å². The van der Waals surface area contributed by atoms with Crippen LogP contribution in [0.25, 0.3) is 11.2 Å². The second-order valence-electron chi connectivity index (χ2n) is 6.00. The lowest BCUT2D eigenvalue weighted by Gasteiger charge is -2.23. The van der Waals surface area contributed by atoms with Crippen molar-refractivity contribution < 1.29 is 0 Å². The Bertz CT molecular complexity index is 819. The van der Waals surface area contributed by atoms with Crippen LogP contribution >= 0.6 is 11.6 Å². The Labute approximate surface area is 147 Å². The van der Waals surface area contributed by atoms with Crippen molar-refractivity contribution in [1.82, 2.24) is 14.6 Å². The Kier molecular flexibility index (Phi) is 5.22. The minimum atomic E-state index is 0.360. The predicted molar refractivity (Wildman–Crippen MR) is 99.9 cm³/mol. The summed E-state index contributed by atoms with van der Waals surface area (Å²) in [6.45, 7) is 1.94. The van der Waals surface area contributed by atoms with Gasteiger partial charge in [-0.25, -0.2) is 9.50 Å². The summed E-state index contributed by atoms with van der Waals surface area (Å²) in [6.07, 6.45) is 19.1. The molecule has 0 atom stereocenters. The second-order valence-corrected chi connectivity index (χ2v) is 6.41. The highest BCUT2D eigenvalue weighted by Gasteiger charge is 2.15. The van der Waals surface area contributed by atoms with Gasteiger partial charge in [0.15, 0.2) is 5.65 Å². The minimum Gasteiger partial charge on any atom is -0.367 e. The van der Waals surface area contributed by atoms with Crippen molar-refractivity contribution in [2.75, 3.05) is 5.32 Å². The lowest BCUT2D eigenvalue weighted by atomic mass is 9.95. The SMILES string of the molecule is C#C/C(Cl)=C\C(=C/C)c1cnn2ccc(NC3CCCCC3)nc12. The van der Waals surface area contributed by atoms with Crippen LogP contribution in [-0.4, -0.2) is 20.6 Å². The van der Waals surface area contributed by atoms with Gasteiger partial charge in [0.05, 0.1) is 11.2 Å². The fourth-order valence-corrected chi connectivity index (χ4v) is 3.22. The standard InChI is InChI=1S/C19H21ClN4/c1-3-14(12-15(20)4-2)17-13-21-24-11-10-18(23-19(17)24)22-16-8-6-5-7-9-16/h2-3,10-13,16H,5-9H2,1H3,(H,22,23)/b14-3+,15-12+. The molecule has 1 N–H and O–H groups in total. The quantitative estimate of drug-likeness (QED) is 0.651. The number of halogens is 1.